The van der Waals surface area contributed by atoms with E-state index in [4.69, 9.17) is 10.5 Å². The Hall–Kier alpha value is -1.65. The van der Waals surface area contributed by atoms with Gasteiger partial charge in [0.15, 0.2) is 0 Å². The van der Waals surface area contributed by atoms with Gasteiger partial charge in [-0.2, -0.15) is 0 Å². The molecule has 0 aliphatic heterocycles. The Morgan fingerprint density at radius 3 is 2.68 bits per heavy atom. The molecule has 0 aliphatic rings. The van der Waals surface area contributed by atoms with Gasteiger partial charge in [-0.15, -0.1) is 11.3 Å². The highest BCUT2D eigenvalue weighted by Crippen LogP contribution is 2.14. The second-order valence-corrected chi connectivity index (χ2v) is 5.30. The number of benzene rings is 1. The van der Waals surface area contributed by atoms with Gasteiger partial charge in [-0.3, -0.25) is 4.79 Å². The molecule has 19 heavy (non-hydrogen) atoms. The van der Waals surface area contributed by atoms with Gasteiger partial charge in [-0.1, -0.05) is 36.4 Å². The second-order valence-electron chi connectivity index (χ2n) is 4.27. The molecule has 4 heteroatoms. The first-order valence-electron chi connectivity index (χ1n) is 6.24. The van der Waals surface area contributed by atoms with Gasteiger partial charge >= 0.3 is 5.97 Å². The van der Waals surface area contributed by atoms with E-state index in [1.54, 1.807) is 11.3 Å². The molecule has 1 unspecified atom stereocenters. The summed E-state index contributed by atoms with van der Waals surface area (Å²) in [6, 6.07) is 13.3. The Bertz CT molecular complexity index is 496. The molecule has 2 rings (SSSR count). The first-order chi connectivity index (χ1) is 9.25. The van der Waals surface area contributed by atoms with Gasteiger partial charge in [0.25, 0.3) is 0 Å². The predicted molar refractivity (Wildman–Crippen MR) is 77.0 cm³/mol. The number of esters is 1. The van der Waals surface area contributed by atoms with E-state index in [0.717, 1.165) is 12.0 Å². The molecule has 0 amide bonds. The third-order valence-electron chi connectivity index (χ3n) is 2.81. The molecular formula is C15H17NO2S. The van der Waals surface area contributed by atoms with Crippen LogP contribution < -0.4 is 5.73 Å². The van der Waals surface area contributed by atoms with E-state index < -0.39 is 0 Å². The molecule has 0 spiro atoms. The first kappa shape index (κ1) is 13.8. The Balaban J connectivity index is 1.72. The fourth-order valence-electron chi connectivity index (χ4n) is 1.78. The summed E-state index contributed by atoms with van der Waals surface area (Å²) < 4.78 is 5.20. The zero-order valence-electron chi connectivity index (χ0n) is 10.6. The number of carbonyl (C=O) groups is 1. The lowest BCUT2D eigenvalue weighted by molar-refractivity contribution is -0.143. The van der Waals surface area contributed by atoms with Crippen LogP contribution in [-0.2, 0) is 16.0 Å². The fraction of sp³-hybridized carbons (Fsp3) is 0.267. The Labute approximate surface area is 117 Å². The second kappa shape index (κ2) is 7.07. The van der Waals surface area contributed by atoms with Gasteiger partial charge in [-0.05, 0) is 17.0 Å². The van der Waals surface area contributed by atoms with E-state index in [1.165, 1.54) is 4.88 Å². The van der Waals surface area contributed by atoms with Crippen molar-refractivity contribution in [3.05, 3.63) is 58.3 Å². The molecule has 2 aromatic rings. The van der Waals surface area contributed by atoms with Gasteiger partial charge < -0.3 is 10.5 Å². The lowest BCUT2D eigenvalue weighted by atomic mass is 10.1. The van der Waals surface area contributed by atoms with Crippen molar-refractivity contribution >= 4 is 17.3 Å². The molecule has 0 aliphatic carbocycles. The minimum atomic E-state index is -0.296. The van der Waals surface area contributed by atoms with Crippen molar-refractivity contribution in [2.24, 2.45) is 5.73 Å². The van der Waals surface area contributed by atoms with Crippen molar-refractivity contribution in [3.63, 3.8) is 0 Å². The van der Waals surface area contributed by atoms with Crippen LogP contribution in [-0.4, -0.2) is 12.6 Å². The van der Waals surface area contributed by atoms with Crippen LogP contribution in [0.3, 0.4) is 0 Å². The third-order valence-corrected chi connectivity index (χ3v) is 3.74. The number of carbonyl (C=O) groups excluding carboxylic acids is 1. The van der Waals surface area contributed by atoms with E-state index >= 15 is 0 Å². The molecule has 1 atom stereocenters. The Morgan fingerprint density at radius 2 is 2.00 bits per heavy atom. The summed E-state index contributed by atoms with van der Waals surface area (Å²) in [5.74, 6) is -0.243. The van der Waals surface area contributed by atoms with Gasteiger partial charge in [-0.25, -0.2) is 0 Å². The van der Waals surface area contributed by atoms with Crippen LogP contribution in [0.1, 0.15) is 22.9 Å². The number of rotatable bonds is 6. The molecule has 0 radical (unpaired) electrons. The van der Waals surface area contributed by atoms with E-state index in [0.29, 0.717) is 6.61 Å². The monoisotopic (exact) mass is 275 g/mol. The standard InChI is InChI=1S/C15H17NO2S/c16-14(12-5-2-1-3-6-12)11-15(17)18-9-8-13-7-4-10-19-13/h1-7,10,14H,8-9,11,16H2. The van der Waals surface area contributed by atoms with Crippen LogP contribution in [0.4, 0.5) is 0 Å². The van der Waals surface area contributed by atoms with Gasteiger partial charge in [0.1, 0.15) is 0 Å². The van der Waals surface area contributed by atoms with Crippen LogP contribution in [0.2, 0.25) is 0 Å². The van der Waals surface area contributed by atoms with Crippen molar-refractivity contribution in [2.75, 3.05) is 6.61 Å². The number of nitrogens with two attached hydrogens (primary N) is 1. The van der Waals surface area contributed by atoms with E-state index in [-0.39, 0.29) is 18.4 Å². The molecule has 2 N–H and O–H groups in total. The molecule has 0 saturated carbocycles. The van der Waals surface area contributed by atoms with E-state index in [9.17, 15) is 4.79 Å². The van der Waals surface area contributed by atoms with Gasteiger partial charge in [0, 0.05) is 17.3 Å². The maximum atomic E-state index is 11.7. The summed E-state index contributed by atoms with van der Waals surface area (Å²) in [6.07, 6.45) is 0.985. The lowest BCUT2D eigenvalue weighted by Crippen LogP contribution is -2.17. The summed E-state index contributed by atoms with van der Waals surface area (Å²) in [6.45, 7) is 0.418. The first-order valence-corrected chi connectivity index (χ1v) is 7.12. The van der Waals surface area contributed by atoms with Crippen molar-refractivity contribution in [2.45, 2.75) is 18.9 Å². The van der Waals surface area contributed by atoms with E-state index in [1.807, 2.05) is 47.8 Å². The summed E-state index contributed by atoms with van der Waals surface area (Å²) in [4.78, 5) is 12.9. The molecule has 0 fully saturated rings. The quantitative estimate of drug-likeness (QED) is 0.825. The minimum absolute atomic E-state index is 0.217. The number of ether oxygens (including phenoxy) is 1. The van der Waals surface area contributed by atoms with Crippen LogP contribution in [0.15, 0.2) is 47.8 Å². The average molecular weight is 275 g/mol. The average Bonchev–Trinajstić information content (AvgIpc) is 2.93. The summed E-state index contributed by atoms with van der Waals surface area (Å²) in [7, 11) is 0. The highest BCUT2D eigenvalue weighted by Gasteiger charge is 2.12. The van der Waals surface area contributed by atoms with Gasteiger partial charge in [0.2, 0.25) is 0 Å². The SMILES string of the molecule is NC(CC(=O)OCCc1cccs1)c1ccccc1. The predicted octanol–water partition coefficient (Wildman–Crippen LogP) is 2.92. The van der Waals surface area contributed by atoms with E-state index in [2.05, 4.69) is 0 Å². The largest absolute Gasteiger partial charge is 0.465 e. The highest BCUT2D eigenvalue weighted by molar-refractivity contribution is 7.09. The smallest absolute Gasteiger partial charge is 0.307 e. The lowest BCUT2D eigenvalue weighted by Gasteiger charge is -2.11. The number of hydrogen-bond acceptors (Lipinski definition) is 4. The topological polar surface area (TPSA) is 52.3 Å². The van der Waals surface area contributed by atoms with Crippen molar-refractivity contribution < 1.29 is 9.53 Å². The molecule has 1 aromatic carbocycles. The summed E-state index contributed by atoms with van der Waals surface area (Å²) in [5, 5.41) is 2.02. The highest BCUT2D eigenvalue weighted by atomic mass is 32.1. The van der Waals surface area contributed by atoms with Gasteiger partial charge in [0.05, 0.1) is 13.0 Å². The van der Waals surface area contributed by atoms with Crippen LogP contribution in [0.5, 0.6) is 0 Å². The molecule has 100 valence electrons. The molecule has 1 heterocycles. The number of hydrogen-bond donors (Lipinski definition) is 1. The Morgan fingerprint density at radius 1 is 1.21 bits per heavy atom. The summed E-state index contributed by atoms with van der Waals surface area (Å²) >= 11 is 1.67. The van der Waals surface area contributed by atoms with Crippen LogP contribution in [0.25, 0.3) is 0 Å². The molecule has 0 saturated heterocycles. The number of thiophene rings is 1. The zero-order chi connectivity index (χ0) is 13.5. The minimum Gasteiger partial charge on any atom is -0.465 e. The Kier molecular flexibility index (Phi) is 5.12. The molecule has 0 bridgehead atoms. The van der Waals surface area contributed by atoms with Crippen molar-refractivity contribution in [1.29, 1.82) is 0 Å². The van der Waals surface area contributed by atoms with Crippen molar-refractivity contribution in [1.82, 2.24) is 0 Å². The normalized spacial score (nSPS) is 12.1. The molecular weight excluding hydrogens is 258 g/mol. The van der Waals surface area contributed by atoms with Crippen LogP contribution >= 0.6 is 11.3 Å². The summed E-state index contributed by atoms with van der Waals surface area (Å²) in [5.41, 5.74) is 6.92. The third kappa shape index (κ3) is 4.50. The molecule has 3 nitrogen and oxygen atoms in total. The fourth-order valence-corrected chi connectivity index (χ4v) is 2.47. The molecule has 1 aromatic heterocycles. The zero-order valence-corrected chi connectivity index (χ0v) is 11.4. The van der Waals surface area contributed by atoms with Crippen LogP contribution in [0, 0.1) is 0 Å². The maximum absolute atomic E-state index is 11.7. The maximum Gasteiger partial charge on any atom is 0.307 e. The van der Waals surface area contributed by atoms with Crippen molar-refractivity contribution in [3.8, 4) is 0 Å².